The van der Waals surface area contributed by atoms with Crippen molar-refractivity contribution in [3.63, 3.8) is 0 Å². The third kappa shape index (κ3) is 4.47. The molecule has 3 heteroatoms. The van der Waals surface area contributed by atoms with E-state index in [2.05, 4.69) is 21.1 Å². The molecule has 0 aliphatic heterocycles. The van der Waals surface area contributed by atoms with Crippen LogP contribution in [0.2, 0.25) is 0 Å². The average Bonchev–Trinajstić information content (AvgIpc) is 1.35. The summed E-state index contributed by atoms with van der Waals surface area (Å²) in [4.78, 5) is 0. The first-order chi connectivity index (χ1) is 2.56. The zero-order valence-corrected chi connectivity index (χ0v) is 6.70. The normalized spacial score (nSPS) is 14.0. The summed E-state index contributed by atoms with van der Waals surface area (Å²) in [5.41, 5.74) is 0. The molecule has 0 bridgehead atoms. The lowest BCUT2D eigenvalue weighted by atomic mass is 11.0. The van der Waals surface area contributed by atoms with Crippen molar-refractivity contribution >= 4 is 20.1 Å². The first-order valence-corrected chi connectivity index (χ1v) is 4.70. The highest BCUT2D eigenvalue weighted by atomic mass is 35.6. The van der Waals surface area contributed by atoms with Crippen molar-refractivity contribution < 1.29 is 4.15 Å². The highest BCUT2D eigenvalue weighted by Crippen LogP contribution is 1.85. The Labute approximate surface area is 46.1 Å². The number of halogens is 1. The van der Waals surface area contributed by atoms with Crippen molar-refractivity contribution in [3.05, 3.63) is 0 Å². The number of nitrogens with zero attached hydrogens (tertiary/aromatic N) is 1. The van der Waals surface area contributed by atoms with Gasteiger partial charge < -0.3 is 4.15 Å². The van der Waals surface area contributed by atoms with Gasteiger partial charge in [-0.3, -0.25) is 0 Å². The van der Waals surface area contributed by atoms with Crippen LogP contribution in [0, 0.1) is 0 Å². The second kappa shape index (κ2) is 1.96. The maximum absolute atomic E-state index is 5.59. The van der Waals surface area contributed by atoms with Gasteiger partial charge in [0.25, 0.3) is 0 Å². The van der Waals surface area contributed by atoms with Gasteiger partial charge in [-0.2, -0.15) is 0 Å². The Hall–Kier alpha value is 0.467. The van der Waals surface area contributed by atoms with Gasteiger partial charge in [0.1, 0.15) is 0 Å². The Morgan fingerprint density at radius 2 is 1.50 bits per heavy atom. The van der Waals surface area contributed by atoms with E-state index in [1.165, 1.54) is 0 Å². The molecule has 0 fully saturated rings. The van der Waals surface area contributed by atoms with E-state index in [1.807, 2.05) is 0 Å². The maximum atomic E-state index is 5.59. The van der Waals surface area contributed by atoms with Gasteiger partial charge >= 0.3 is 8.99 Å². The maximum Gasteiger partial charge on any atom is 0.353 e. The first kappa shape index (κ1) is 6.47. The zero-order valence-electron chi connectivity index (χ0n) is 4.53. The van der Waals surface area contributed by atoms with Crippen LogP contribution < -0.4 is 0 Å². The molecular formula is C3H11ClNSi+. The minimum absolute atomic E-state index is 0.338. The summed E-state index contributed by atoms with van der Waals surface area (Å²) < 4.78 is 0.974. The Morgan fingerprint density at radius 1 is 1.33 bits per heavy atom. The minimum Gasteiger partial charge on any atom is -0.384 e. The Kier molecular flexibility index (Phi) is 2.11. The van der Waals surface area contributed by atoms with Crippen molar-refractivity contribution in [1.29, 1.82) is 0 Å². The average molecular weight is 125 g/mol. The van der Waals surface area contributed by atoms with E-state index in [0.29, 0.717) is 0 Å². The largest absolute Gasteiger partial charge is 0.384 e. The van der Waals surface area contributed by atoms with Gasteiger partial charge in [0, 0.05) is 0 Å². The molecule has 0 aromatic heterocycles. The predicted molar refractivity (Wildman–Crippen MR) is 32.4 cm³/mol. The van der Waals surface area contributed by atoms with Gasteiger partial charge in [-0.15, -0.1) is 11.1 Å². The molecule has 38 valence electrons. The Balaban J connectivity index is 3.17. The lowest BCUT2D eigenvalue weighted by Crippen LogP contribution is -2.35. The highest BCUT2D eigenvalue weighted by molar-refractivity contribution is 6.89. The summed E-state index contributed by atoms with van der Waals surface area (Å²) in [5, 5.41) is 0. The van der Waals surface area contributed by atoms with E-state index in [4.69, 9.17) is 11.1 Å². The first-order valence-electron chi connectivity index (χ1n) is 1.93. The van der Waals surface area contributed by atoms with Gasteiger partial charge in [-0.25, -0.2) is 0 Å². The standard InChI is InChI=1S/C3H11ClNSi/c1-5(2,3)6-4/h6H2,1-3H3/q+1. The van der Waals surface area contributed by atoms with Gasteiger partial charge in [0.05, 0.1) is 21.1 Å². The molecule has 0 N–H and O–H groups in total. The van der Waals surface area contributed by atoms with Crippen LogP contribution in [0.15, 0.2) is 0 Å². The van der Waals surface area contributed by atoms with E-state index in [-0.39, 0.29) is 8.99 Å². The molecular weight excluding hydrogens is 114 g/mol. The number of hydrogen-bond acceptors (Lipinski definition) is 0. The molecule has 0 radical (unpaired) electrons. The molecule has 0 spiro atoms. The van der Waals surface area contributed by atoms with Gasteiger partial charge in [0.2, 0.25) is 0 Å². The molecule has 0 atom stereocenters. The van der Waals surface area contributed by atoms with Crippen LogP contribution in [0.3, 0.4) is 0 Å². The van der Waals surface area contributed by atoms with Crippen molar-refractivity contribution in [2.45, 2.75) is 0 Å². The molecule has 0 unspecified atom stereocenters. The highest BCUT2D eigenvalue weighted by Gasteiger charge is 2.01. The van der Waals surface area contributed by atoms with E-state index in [9.17, 15) is 0 Å². The molecule has 0 amide bonds. The molecule has 0 aliphatic rings. The van der Waals surface area contributed by atoms with Crippen LogP contribution in [-0.4, -0.2) is 34.3 Å². The van der Waals surface area contributed by atoms with E-state index < -0.39 is 0 Å². The van der Waals surface area contributed by atoms with E-state index in [1.54, 1.807) is 0 Å². The van der Waals surface area contributed by atoms with Gasteiger partial charge in [0.15, 0.2) is 0 Å². The summed E-state index contributed by atoms with van der Waals surface area (Å²) in [6, 6.07) is 0. The summed E-state index contributed by atoms with van der Waals surface area (Å²) in [7, 11) is 5.99. The molecule has 0 aromatic carbocycles. The van der Waals surface area contributed by atoms with E-state index in [0.717, 1.165) is 4.15 Å². The number of hydrogen-bond donors (Lipinski definition) is 0. The Morgan fingerprint density at radius 3 is 1.50 bits per heavy atom. The molecule has 0 aromatic rings. The second-order valence-corrected chi connectivity index (χ2v) is 5.26. The Bertz CT molecular complexity index is 40.5. The molecule has 0 rings (SSSR count). The lowest BCUT2D eigenvalue weighted by Gasteiger charge is -2.20. The van der Waals surface area contributed by atoms with Crippen LogP contribution >= 0.6 is 11.1 Å². The molecule has 0 saturated carbocycles. The van der Waals surface area contributed by atoms with Gasteiger partial charge in [-0.1, -0.05) is 0 Å². The molecule has 0 heterocycles. The SMILES string of the molecule is C[N+](C)(C)[SiH2]Cl. The smallest absolute Gasteiger partial charge is 0.353 e. The summed E-state index contributed by atoms with van der Waals surface area (Å²) >= 11 is 5.59. The fourth-order valence-electron chi connectivity index (χ4n) is 0. The van der Waals surface area contributed by atoms with Crippen molar-refractivity contribution in [3.8, 4) is 0 Å². The van der Waals surface area contributed by atoms with Gasteiger partial charge in [-0.05, 0) is 0 Å². The van der Waals surface area contributed by atoms with Crippen molar-refractivity contribution in [1.82, 2.24) is 0 Å². The lowest BCUT2D eigenvalue weighted by molar-refractivity contribution is -0.752. The second-order valence-electron chi connectivity index (χ2n) is 2.41. The fraction of sp³-hybridized carbons (Fsp3) is 1.00. The fourth-order valence-corrected chi connectivity index (χ4v) is 0. The molecule has 6 heavy (non-hydrogen) atoms. The molecule has 1 nitrogen and oxygen atoms in total. The summed E-state index contributed by atoms with van der Waals surface area (Å²) in [5.74, 6) is 0. The predicted octanol–water partition coefficient (Wildman–Crippen LogP) is -0.0698. The number of rotatable bonds is 1. The van der Waals surface area contributed by atoms with Crippen molar-refractivity contribution in [2.24, 2.45) is 0 Å². The van der Waals surface area contributed by atoms with E-state index >= 15 is 0 Å². The summed E-state index contributed by atoms with van der Waals surface area (Å²) in [6.07, 6.45) is 0. The van der Waals surface area contributed by atoms with Crippen LogP contribution in [0.25, 0.3) is 0 Å². The number of quaternary nitrogens is 1. The zero-order chi connectivity index (χ0) is 5.21. The minimum atomic E-state index is -0.338. The van der Waals surface area contributed by atoms with Crippen LogP contribution in [0.1, 0.15) is 0 Å². The monoisotopic (exact) mass is 124 g/mol. The third-order valence-electron chi connectivity index (χ3n) is 0.359. The summed E-state index contributed by atoms with van der Waals surface area (Å²) in [6.45, 7) is 0. The quantitative estimate of drug-likeness (QED) is 0.339. The molecule has 0 saturated heterocycles. The van der Waals surface area contributed by atoms with Crippen LogP contribution in [-0.2, 0) is 0 Å². The van der Waals surface area contributed by atoms with Crippen molar-refractivity contribution in [2.75, 3.05) is 21.1 Å². The topological polar surface area (TPSA) is 0 Å². The molecule has 0 aliphatic carbocycles. The van der Waals surface area contributed by atoms with Crippen LogP contribution in [0.5, 0.6) is 0 Å². The van der Waals surface area contributed by atoms with Crippen LogP contribution in [0.4, 0.5) is 0 Å². The third-order valence-corrected chi connectivity index (χ3v) is 3.23.